The smallest absolute Gasteiger partial charge is 0.381 e. The number of carbonyl (C=O) groups excluding carboxylic acids is 1. The number of nitrogens with one attached hydrogen (secondary N) is 2. The second kappa shape index (κ2) is 6.61. The van der Waals surface area contributed by atoms with Crippen molar-refractivity contribution in [1.82, 2.24) is 5.32 Å². The van der Waals surface area contributed by atoms with E-state index >= 15 is 0 Å². The summed E-state index contributed by atoms with van der Waals surface area (Å²) in [6.45, 7) is -0.623. The zero-order valence-corrected chi connectivity index (χ0v) is 11.5. The largest absolute Gasteiger partial charge is 0.390 e. The standard InChI is InChI=1S/C11H11ClF3N3O3/c1-16-9-7(12)4-6(5-8(9)18(20)21)10(19)17-3-2-11(13,14)15/h4-5,16H,2-3H2,1H3,(H,17,19). The molecule has 10 heteroatoms. The van der Waals surface area contributed by atoms with Gasteiger partial charge < -0.3 is 10.6 Å². The number of nitro groups is 1. The van der Waals surface area contributed by atoms with Crippen molar-refractivity contribution in [1.29, 1.82) is 0 Å². The van der Waals surface area contributed by atoms with Crippen LogP contribution in [0.15, 0.2) is 12.1 Å². The van der Waals surface area contributed by atoms with E-state index in [2.05, 4.69) is 5.32 Å². The number of halogens is 4. The molecule has 0 fully saturated rings. The summed E-state index contributed by atoms with van der Waals surface area (Å²) in [5, 5.41) is 15.3. The Morgan fingerprint density at radius 3 is 2.52 bits per heavy atom. The monoisotopic (exact) mass is 325 g/mol. The van der Waals surface area contributed by atoms with E-state index in [1.54, 1.807) is 0 Å². The number of hydrogen-bond acceptors (Lipinski definition) is 4. The quantitative estimate of drug-likeness (QED) is 0.644. The third-order valence-electron chi connectivity index (χ3n) is 2.47. The summed E-state index contributed by atoms with van der Waals surface area (Å²) >= 11 is 5.80. The number of carbonyl (C=O) groups is 1. The first-order valence-corrected chi connectivity index (χ1v) is 6.04. The molecule has 0 radical (unpaired) electrons. The Kier molecular flexibility index (Phi) is 5.36. The molecule has 0 unspecified atom stereocenters. The molecule has 6 nitrogen and oxygen atoms in total. The highest BCUT2D eigenvalue weighted by Gasteiger charge is 2.27. The van der Waals surface area contributed by atoms with Gasteiger partial charge >= 0.3 is 6.18 Å². The minimum absolute atomic E-state index is 0.0218. The Balaban J connectivity index is 2.93. The molecule has 0 spiro atoms. The molecular weight excluding hydrogens is 315 g/mol. The van der Waals surface area contributed by atoms with Gasteiger partial charge in [0, 0.05) is 25.2 Å². The lowest BCUT2D eigenvalue weighted by Gasteiger charge is -2.10. The van der Waals surface area contributed by atoms with Gasteiger partial charge in [0.2, 0.25) is 0 Å². The third-order valence-corrected chi connectivity index (χ3v) is 2.77. The fourth-order valence-corrected chi connectivity index (χ4v) is 1.84. The Bertz CT molecular complexity index is 564. The van der Waals surface area contributed by atoms with Gasteiger partial charge in [0.05, 0.1) is 16.4 Å². The molecule has 1 aromatic rings. The van der Waals surface area contributed by atoms with Gasteiger partial charge in [-0.1, -0.05) is 11.6 Å². The molecule has 0 aliphatic rings. The number of nitro benzene ring substituents is 1. The van der Waals surface area contributed by atoms with Crippen LogP contribution < -0.4 is 10.6 Å². The summed E-state index contributed by atoms with van der Waals surface area (Å²) in [6, 6.07) is 2.09. The summed E-state index contributed by atoms with van der Waals surface area (Å²) < 4.78 is 35.9. The van der Waals surface area contributed by atoms with Gasteiger partial charge in [0.15, 0.2) is 0 Å². The maximum absolute atomic E-state index is 12.0. The van der Waals surface area contributed by atoms with Crippen LogP contribution in [0.4, 0.5) is 24.5 Å². The highest BCUT2D eigenvalue weighted by atomic mass is 35.5. The Hall–Kier alpha value is -2.03. The van der Waals surface area contributed by atoms with Crippen LogP contribution in [0.5, 0.6) is 0 Å². The molecule has 0 aliphatic heterocycles. The highest BCUT2D eigenvalue weighted by Crippen LogP contribution is 2.33. The Labute approximate surface area is 122 Å². The fraction of sp³-hybridized carbons (Fsp3) is 0.364. The van der Waals surface area contributed by atoms with Crippen LogP contribution in [-0.4, -0.2) is 30.6 Å². The van der Waals surface area contributed by atoms with Gasteiger partial charge in [-0.25, -0.2) is 0 Å². The molecule has 0 aliphatic carbocycles. The van der Waals surface area contributed by atoms with Crippen molar-refractivity contribution in [3.05, 3.63) is 32.8 Å². The first-order valence-electron chi connectivity index (χ1n) is 5.66. The highest BCUT2D eigenvalue weighted by molar-refractivity contribution is 6.34. The average molecular weight is 326 g/mol. The van der Waals surface area contributed by atoms with Crippen LogP contribution >= 0.6 is 11.6 Å². The molecular formula is C11H11ClF3N3O3. The van der Waals surface area contributed by atoms with Crippen LogP contribution in [0.1, 0.15) is 16.8 Å². The Morgan fingerprint density at radius 1 is 1.43 bits per heavy atom. The van der Waals surface area contributed by atoms with E-state index in [9.17, 15) is 28.1 Å². The lowest BCUT2D eigenvalue weighted by molar-refractivity contribution is -0.383. The number of benzene rings is 1. The predicted molar refractivity (Wildman–Crippen MR) is 70.7 cm³/mol. The minimum atomic E-state index is -4.40. The maximum atomic E-state index is 12.0. The molecule has 1 amide bonds. The zero-order chi connectivity index (χ0) is 16.2. The van der Waals surface area contributed by atoms with E-state index in [1.807, 2.05) is 5.32 Å². The summed E-state index contributed by atoms with van der Waals surface area (Å²) in [5.41, 5.74) is -0.604. The fourth-order valence-electron chi connectivity index (χ4n) is 1.53. The summed E-state index contributed by atoms with van der Waals surface area (Å²) in [4.78, 5) is 21.8. The number of nitrogens with zero attached hydrogens (tertiary/aromatic N) is 1. The topological polar surface area (TPSA) is 84.3 Å². The van der Waals surface area contributed by atoms with Crippen molar-refractivity contribution in [3.63, 3.8) is 0 Å². The van der Waals surface area contributed by atoms with Gasteiger partial charge in [0.25, 0.3) is 11.6 Å². The van der Waals surface area contributed by atoms with Gasteiger partial charge in [-0.15, -0.1) is 0 Å². The Morgan fingerprint density at radius 2 is 2.05 bits per heavy atom. The van der Waals surface area contributed by atoms with E-state index in [1.165, 1.54) is 7.05 Å². The second-order valence-corrected chi connectivity index (χ2v) is 4.39. The van der Waals surface area contributed by atoms with Crippen LogP contribution in [0.3, 0.4) is 0 Å². The van der Waals surface area contributed by atoms with Crippen LogP contribution in [0.2, 0.25) is 5.02 Å². The van der Waals surface area contributed by atoms with E-state index in [-0.39, 0.29) is 16.3 Å². The average Bonchev–Trinajstić information content (AvgIpc) is 2.35. The second-order valence-electron chi connectivity index (χ2n) is 3.98. The maximum Gasteiger partial charge on any atom is 0.390 e. The molecule has 0 bridgehead atoms. The van der Waals surface area contributed by atoms with Crippen molar-refractivity contribution in [2.45, 2.75) is 12.6 Å². The molecule has 0 atom stereocenters. The number of rotatable bonds is 5. The van der Waals surface area contributed by atoms with Crippen molar-refractivity contribution in [3.8, 4) is 0 Å². The first-order chi connectivity index (χ1) is 9.65. The van der Waals surface area contributed by atoms with Crippen LogP contribution in [0.25, 0.3) is 0 Å². The van der Waals surface area contributed by atoms with Gasteiger partial charge in [-0.2, -0.15) is 13.2 Å². The normalized spacial score (nSPS) is 11.1. The summed E-state index contributed by atoms with van der Waals surface area (Å²) in [7, 11) is 1.41. The van der Waals surface area contributed by atoms with Crippen molar-refractivity contribution >= 4 is 28.9 Å². The van der Waals surface area contributed by atoms with E-state index < -0.39 is 35.7 Å². The molecule has 116 valence electrons. The molecule has 0 saturated carbocycles. The molecule has 2 N–H and O–H groups in total. The lowest BCUT2D eigenvalue weighted by atomic mass is 10.1. The van der Waals surface area contributed by atoms with Crippen molar-refractivity contribution in [2.75, 3.05) is 18.9 Å². The number of anilines is 1. The number of hydrogen-bond donors (Lipinski definition) is 2. The molecule has 0 saturated heterocycles. The number of amides is 1. The lowest BCUT2D eigenvalue weighted by Crippen LogP contribution is -2.28. The van der Waals surface area contributed by atoms with Gasteiger partial charge in [-0.3, -0.25) is 14.9 Å². The van der Waals surface area contributed by atoms with Crippen molar-refractivity contribution in [2.24, 2.45) is 0 Å². The molecule has 21 heavy (non-hydrogen) atoms. The minimum Gasteiger partial charge on any atom is -0.381 e. The van der Waals surface area contributed by atoms with Gasteiger partial charge in [-0.05, 0) is 6.07 Å². The van der Waals surface area contributed by atoms with E-state index in [0.29, 0.717) is 0 Å². The molecule has 0 heterocycles. The van der Waals surface area contributed by atoms with Crippen LogP contribution in [-0.2, 0) is 0 Å². The molecule has 1 rings (SSSR count). The molecule has 0 aromatic heterocycles. The van der Waals surface area contributed by atoms with Crippen LogP contribution in [0, 0.1) is 10.1 Å². The van der Waals surface area contributed by atoms with E-state index in [4.69, 9.17) is 11.6 Å². The van der Waals surface area contributed by atoms with Gasteiger partial charge in [0.1, 0.15) is 5.69 Å². The number of alkyl halides is 3. The summed E-state index contributed by atoms with van der Waals surface area (Å²) in [5.74, 6) is -0.869. The zero-order valence-electron chi connectivity index (χ0n) is 10.8. The third kappa shape index (κ3) is 4.78. The SMILES string of the molecule is CNc1c(Cl)cc(C(=O)NCCC(F)(F)F)cc1[N+](=O)[O-]. The van der Waals surface area contributed by atoms with Crippen molar-refractivity contribution < 1.29 is 22.9 Å². The molecule has 1 aromatic carbocycles. The van der Waals surface area contributed by atoms with E-state index in [0.717, 1.165) is 12.1 Å². The predicted octanol–water partition coefficient (Wildman–Crippen LogP) is 2.97. The summed E-state index contributed by atoms with van der Waals surface area (Å²) in [6.07, 6.45) is -5.59. The first kappa shape index (κ1) is 17.0.